The van der Waals surface area contributed by atoms with Crippen LogP contribution in [0.3, 0.4) is 0 Å². The molecule has 0 spiro atoms. The summed E-state index contributed by atoms with van der Waals surface area (Å²) in [4.78, 5) is 15.6. The summed E-state index contributed by atoms with van der Waals surface area (Å²) in [5.74, 6) is 2.20. The maximum Gasteiger partial charge on any atom is 0.302 e. The Hall–Kier alpha value is -1.65. The number of fused-ring (bicyclic) bond motifs is 5. The number of ether oxygens (including phenoxy) is 1. The van der Waals surface area contributed by atoms with Crippen LogP contribution in [-0.2, 0) is 9.53 Å². The third-order valence-corrected chi connectivity index (χ3v) is 9.10. The van der Waals surface area contributed by atoms with Gasteiger partial charge in [-0.25, -0.2) is 9.67 Å². The fourth-order valence-corrected chi connectivity index (χ4v) is 7.75. The van der Waals surface area contributed by atoms with Crippen LogP contribution in [-0.4, -0.2) is 26.8 Å². The minimum absolute atomic E-state index is 0.0883. The lowest BCUT2D eigenvalue weighted by atomic mass is 9.48. The topological polar surface area (TPSA) is 57.0 Å². The molecule has 0 bridgehead atoms. The van der Waals surface area contributed by atoms with E-state index >= 15 is 0 Å². The van der Waals surface area contributed by atoms with Gasteiger partial charge in [0.25, 0.3) is 0 Å². The fourth-order valence-electron chi connectivity index (χ4n) is 7.75. The molecule has 1 heterocycles. The van der Waals surface area contributed by atoms with Crippen LogP contribution < -0.4 is 0 Å². The number of nitrogens with zero attached hydrogens (tertiary/aromatic N) is 3. The van der Waals surface area contributed by atoms with Crippen LogP contribution in [0.2, 0.25) is 0 Å². The quantitative estimate of drug-likeness (QED) is 0.548. The molecular weight excluding hydrogens is 350 g/mol. The Kier molecular flexibility index (Phi) is 4.22. The zero-order chi connectivity index (χ0) is 19.5. The van der Waals surface area contributed by atoms with Crippen LogP contribution in [0.1, 0.15) is 78.2 Å². The molecule has 3 unspecified atom stereocenters. The molecule has 0 N–H and O–H groups in total. The van der Waals surface area contributed by atoms with E-state index in [1.54, 1.807) is 11.9 Å². The van der Waals surface area contributed by atoms with E-state index in [-0.39, 0.29) is 12.1 Å². The highest BCUT2D eigenvalue weighted by atomic mass is 16.5. The highest BCUT2D eigenvalue weighted by molar-refractivity contribution is 5.66. The van der Waals surface area contributed by atoms with Crippen LogP contribution >= 0.6 is 0 Å². The molecule has 28 heavy (non-hydrogen) atoms. The average molecular weight is 384 g/mol. The molecule has 7 atom stereocenters. The Morgan fingerprint density at radius 3 is 2.79 bits per heavy atom. The number of carbonyl (C=O) groups excluding carboxylic acids is 1. The summed E-state index contributed by atoms with van der Waals surface area (Å²) in [5.41, 5.74) is 2.21. The average Bonchev–Trinajstić information content (AvgIpc) is 3.28. The van der Waals surface area contributed by atoms with Gasteiger partial charge in [0.05, 0.1) is 6.04 Å². The predicted octanol–water partition coefficient (Wildman–Crippen LogP) is 4.71. The molecule has 3 fully saturated rings. The van der Waals surface area contributed by atoms with Crippen LogP contribution in [0.15, 0.2) is 24.3 Å². The molecule has 0 aromatic carbocycles. The summed E-state index contributed by atoms with van der Waals surface area (Å²) in [6.45, 7) is 6.56. The Morgan fingerprint density at radius 1 is 1.18 bits per heavy atom. The van der Waals surface area contributed by atoms with Gasteiger partial charge in [-0.15, -0.1) is 0 Å². The van der Waals surface area contributed by atoms with Gasteiger partial charge < -0.3 is 4.74 Å². The molecule has 3 saturated carbocycles. The van der Waals surface area contributed by atoms with E-state index in [4.69, 9.17) is 4.74 Å². The smallest absolute Gasteiger partial charge is 0.302 e. The first kappa shape index (κ1) is 18.4. The zero-order valence-electron chi connectivity index (χ0n) is 17.4. The van der Waals surface area contributed by atoms with E-state index in [1.807, 2.05) is 6.33 Å². The highest BCUT2D eigenvalue weighted by Crippen LogP contribution is 2.67. The molecule has 5 heteroatoms. The second kappa shape index (κ2) is 6.43. The Labute approximate surface area is 167 Å². The minimum atomic E-state index is -0.138. The molecule has 5 rings (SSSR count). The van der Waals surface area contributed by atoms with E-state index in [9.17, 15) is 4.79 Å². The number of carbonyl (C=O) groups is 1. The van der Waals surface area contributed by atoms with E-state index in [0.29, 0.717) is 16.9 Å². The maximum atomic E-state index is 11.4. The zero-order valence-corrected chi connectivity index (χ0v) is 17.4. The van der Waals surface area contributed by atoms with Crippen molar-refractivity contribution in [1.82, 2.24) is 14.8 Å². The second-order valence-corrected chi connectivity index (χ2v) is 10.2. The molecule has 0 aliphatic heterocycles. The first-order valence-electron chi connectivity index (χ1n) is 11.1. The van der Waals surface area contributed by atoms with Gasteiger partial charge in [-0.3, -0.25) is 4.79 Å². The van der Waals surface area contributed by atoms with E-state index in [0.717, 1.165) is 37.0 Å². The summed E-state index contributed by atoms with van der Waals surface area (Å²) in [7, 11) is 0. The fraction of sp³-hybridized carbons (Fsp3) is 0.783. The maximum absolute atomic E-state index is 11.4. The Balaban J connectivity index is 1.40. The monoisotopic (exact) mass is 383 g/mol. The SMILES string of the molecule is CC(=O)O[C@H]1CC[C@@]2(C)C(=CCC3C2CC[C@@]2(C)C3CC[C@@H]2n2cncn2)C1. The van der Waals surface area contributed by atoms with Crippen molar-refractivity contribution in [2.45, 2.75) is 84.3 Å². The summed E-state index contributed by atoms with van der Waals surface area (Å²) in [5, 5.41) is 4.50. The van der Waals surface area contributed by atoms with E-state index in [2.05, 4.69) is 34.7 Å². The van der Waals surface area contributed by atoms with Gasteiger partial charge in [0.1, 0.15) is 18.8 Å². The highest BCUT2D eigenvalue weighted by Gasteiger charge is 2.59. The molecule has 4 aliphatic carbocycles. The Morgan fingerprint density at radius 2 is 2.04 bits per heavy atom. The van der Waals surface area contributed by atoms with E-state index < -0.39 is 0 Å². The van der Waals surface area contributed by atoms with Crippen molar-refractivity contribution >= 4 is 5.97 Å². The lowest BCUT2D eigenvalue weighted by molar-refractivity contribution is -0.148. The van der Waals surface area contributed by atoms with Gasteiger partial charge in [0.15, 0.2) is 0 Å². The molecule has 0 saturated heterocycles. The van der Waals surface area contributed by atoms with Crippen molar-refractivity contribution in [1.29, 1.82) is 0 Å². The van der Waals surface area contributed by atoms with Crippen LogP contribution in [0.5, 0.6) is 0 Å². The molecular formula is C23H33N3O2. The number of esters is 1. The van der Waals surface area contributed by atoms with E-state index in [1.165, 1.54) is 39.0 Å². The van der Waals surface area contributed by atoms with Gasteiger partial charge in [-0.2, -0.15) is 5.10 Å². The number of aromatic nitrogens is 3. The molecule has 0 radical (unpaired) electrons. The van der Waals surface area contributed by atoms with Gasteiger partial charge in [0, 0.05) is 13.3 Å². The lowest BCUT2D eigenvalue weighted by Crippen LogP contribution is -2.50. The minimum Gasteiger partial charge on any atom is -0.462 e. The molecule has 1 aromatic heterocycles. The van der Waals surface area contributed by atoms with Crippen LogP contribution in [0.25, 0.3) is 0 Å². The molecule has 152 valence electrons. The summed E-state index contributed by atoms with van der Waals surface area (Å²) >= 11 is 0. The molecule has 0 amide bonds. The molecule has 1 aromatic rings. The van der Waals surface area contributed by atoms with Crippen molar-refractivity contribution in [3.63, 3.8) is 0 Å². The summed E-state index contributed by atoms with van der Waals surface area (Å²) in [6.07, 6.45) is 15.7. The molecule has 4 aliphatic rings. The predicted molar refractivity (Wildman–Crippen MR) is 106 cm³/mol. The first-order chi connectivity index (χ1) is 13.4. The number of hydrogen-bond donors (Lipinski definition) is 0. The van der Waals surface area contributed by atoms with Gasteiger partial charge >= 0.3 is 5.97 Å². The summed E-state index contributed by atoms with van der Waals surface area (Å²) in [6, 6.07) is 0.499. The largest absolute Gasteiger partial charge is 0.462 e. The van der Waals surface area contributed by atoms with Gasteiger partial charge in [-0.1, -0.05) is 25.5 Å². The van der Waals surface area contributed by atoms with Crippen molar-refractivity contribution in [2.24, 2.45) is 28.6 Å². The van der Waals surface area contributed by atoms with Crippen LogP contribution in [0, 0.1) is 28.6 Å². The van der Waals surface area contributed by atoms with Gasteiger partial charge in [-0.05, 0) is 73.5 Å². The van der Waals surface area contributed by atoms with Crippen molar-refractivity contribution in [3.05, 3.63) is 24.3 Å². The Bertz CT molecular complexity index is 788. The van der Waals surface area contributed by atoms with Crippen LogP contribution in [0.4, 0.5) is 0 Å². The second-order valence-electron chi connectivity index (χ2n) is 10.2. The first-order valence-corrected chi connectivity index (χ1v) is 11.1. The number of allylic oxidation sites excluding steroid dienone is 1. The van der Waals surface area contributed by atoms with Gasteiger partial charge in [0.2, 0.25) is 0 Å². The number of hydrogen-bond acceptors (Lipinski definition) is 4. The normalized spacial score (nSPS) is 44.8. The van der Waals surface area contributed by atoms with Crippen molar-refractivity contribution in [2.75, 3.05) is 0 Å². The third-order valence-electron chi connectivity index (χ3n) is 9.10. The van der Waals surface area contributed by atoms with Crippen molar-refractivity contribution < 1.29 is 9.53 Å². The molecule has 5 nitrogen and oxygen atoms in total. The van der Waals surface area contributed by atoms with Crippen molar-refractivity contribution in [3.8, 4) is 0 Å². The standard InChI is InChI=1S/C23H33N3O2/c1-15(27)28-17-8-10-22(2)16(12-17)4-5-18-19-6-7-21(26-14-24-13-25-26)23(19,3)11-9-20(18)22/h4,13-14,17-21H,5-12H2,1-3H3/t17-,18?,19?,20?,21-,22-,23-/m0/s1. The number of rotatable bonds is 2. The summed E-state index contributed by atoms with van der Waals surface area (Å²) < 4.78 is 7.70. The lowest BCUT2D eigenvalue weighted by Gasteiger charge is -2.58. The third kappa shape index (κ3) is 2.61.